The van der Waals surface area contributed by atoms with Gasteiger partial charge in [0, 0.05) is 29.2 Å². The normalized spacial score (nSPS) is 10.7. The Kier molecular flexibility index (Phi) is 9.46. The predicted molar refractivity (Wildman–Crippen MR) is 116 cm³/mol. The summed E-state index contributed by atoms with van der Waals surface area (Å²) in [5.74, 6) is 0.516. The van der Waals surface area contributed by atoms with Crippen molar-refractivity contribution in [2.45, 2.75) is 72.1 Å². The quantitative estimate of drug-likeness (QED) is 0.462. The van der Waals surface area contributed by atoms with E-state index in [2.05, 4.69) is 27.5 Å². The molecule has 1 amide bonds. The monoisotopic (exact) mass is 382 g/mol. The van der Waals surface area contributed by atoms with Crippen molar-refractivity contribution in [3.63, 3.8) is 0 Å². The van der Waals surface area contributed by atoms with Crippen molar-refractivity contribution in [1.29, 1.82) is 0 Å². The molecule has 1 aromatic heterocycles. The third-order valence-corrected chi connectivity index (χ3v) is 4.68. The smallest absolute Gasteiger partial charge is 0.251 e. The molecule has 0 aliphatic rings. The molecule has 0 saturated carbocycles. The fourth-order valence-electron chi connectivity index (χ4n) is 3.21. The summed E-state index contributed by atoms with van der Waals surface area (Å²) >= 11 is 0. The van der Waals surface area contributed by atoms with Crippen molar-refractivity contribution in [2.75, 3.05) is 11.9 Å². The van der Waals surface area contributed by atoms with Gasteiger partial charge in [-0.15, -0.1) is 0 Å². The van der Waals surface area contributed by atoms with Crippen LogP contribution in [0.15, 0.2) is 30.3 Å². The second kappa shape index (κ2) is 12.1. The first kappa shape index (κ1) is 21.9. The Labute approximate surface area is 169 Å². The van der Waals surface area contributed by atoms with Crippen LogP contribution in [0.5, 0.6) is 0 Å². The van der Waals surface area contributed by atoms with Gasteiger partial charge in [-0.3, -0.25) is 4.79 Å². The van der Waals surface area contributed by atoms with E-state index in [9.17, 15) is 4.79 Å². The number of hydrogen-bond donors (Lipinski definition) is 2. The van der Waals surface area contributed by atoms with Gasteiger partial charge in [-0.25, -0.2) is 9.97 Å². The molecule has 0 saturated heterocycles. The van der Waals surface area contributed by atoms with E-state index >= 15 is 0 Å². The van der Waals surface area contributed by atoms with Crippen LogP contribution in [0.3, 0.4) is 0 Å². The molecule has 28 heavy (non-hydrogen) atoms. The summed E-state index contributed by atoms with van der Waals surface area (Å²) in [6, 6.07) is 9.38. The lowest BCUT2D eigenvalue weighted by molar-refractivity contribution is 0.0953. The molecule has 1 aromatic carbocycles. The summed E-state index contributed by atoms with van der Waals surface area (Å²) < 4.78 is 0. The van der Waals surface area contributed by atoms with Crippen LogP contribution in [0, 0.1) is 13.8 Å². The second-order valence-electron chi connectivity index (χ2n) is 7.41. The molecule has 0 fully saturated rings. The largest absolute Gasteiger partial charge is 0.352 e. The lowest BCUT2D eigenvalue weighted by atomic mass is 10.1. The van der Waals surface area contributed by atoms with E-state index in [1.165, 1.54) is 44.9 Å². The Hall–Kier alpha value is -2.43. The lowest BCUT2D eigenvalue weighted by Gasteiger charge is -2.09. The second-order valence-corrected chi connectivity index (χ2v) is 7.41. The minimum absolute atomic E-state index is 0.0343. The predicted octanol–water partition coefficient (Wildman–Crippen LogP) is 5.71. The molecule has 2 rings (SSSR count). The van der Waals surface area contributed by atoms with Gasteiger partial charge in [0.1, 0.15) is 0 Å². The standard InChI is InChI=1S/C23H34N4O/c1-4-5-6-7-8-9-10-11-15-24-22(28)20-13-12-14-21(17-20)27-23-25-18(2)16-19(3)26-23/h12-14,16-17H,4-11,15H2,1-3H3,(H,24,28)(H,25,26,27). The number of nitrogens with zero attached hydrogens (tertiary/aromatic N) is 2. The number of amides is 1. The first-order chi connectivity index (χ1) is 13.6. The van der Waals surface area contributed by atoms with Crippen LogP contribution in [0.25, 0.3) is 0 Å². The molecule has 0 aliphatic heterocycles. The molecular formula is C23H34N4O. The summed E-state index contributed by atoms with van der Waals surface area (Å²) in [6.07, 6.45) is 10.1. The molecule has 0 radical (unpaired) electrons. The van der Waals surface area contributed by atoms with E-state index in [0.29, 0.717) is 11.5 Å². The number of aryl methyl sites for hydroxylation is 2. The van der Waals surface area contributed by atoms with Crippen molar-refractivity contribution >= 4 is 17.5 Å². The average molecular weight is 383 g/mol. The number of benzene rings is 1. The maximum Gasteiger partial charge on any atom is 0.251 e. The maximum atomic E-state index is 12.4. The Morgan fingerprint density at radius 2 is 1.54 bits per heavy atom. The summed E-state index contributed by atoms with van der Waals surface area (Å²) in [5, 5.41) is 6.21. The molecular weight excluding hydrogens is 348 g/mol. The number of carbonyl (C=O) groups excluding carboxylic acids is 1. The topological polar surface area (TPSA) is 66.9 Å². The van der Waals surface area contributed by atoms with Gasteiger partial charge in [-0.1, -0.05) is 57.9 Å². The fourth-order valence-corrected chi connectivity index (χ4v) is 3.21. The molecule has 5 heteroatoms. The zero-order valence-electron chi connectivity index (χ0n) is 17.6. The summed E-state index contributed by atoms with van der Waals surface area (Å²) in [6.45, 7) is 6.85. The zero-order valence-corrected chi connectivity index (χ0v) is 17.6. The highest BCUT2D eigenvalue weighted by Gasteiger charge is 2.07. The highest BCUT2D eigenvalue weighted by atomic mass is 16.1. The van der Waals surface area contributed by atoms with Crippen LogP contribution in [0.1, 0.15) is 80.0 Å². The number of anilines is 2. The fraction of sp³-hybridized carbons (Fsp3) is 0.522. The van der Waals surface area contributed by atoms with Gasteiger partial charge in [-0.05, 0) is 44.5 Å². The van der Waals surface area contributed by atoms with E-state index in [1.807, 2.05) is 44.2 Å². The molecule has 0 atom stereocenters. The van der Waals surface area contributed by atoms with Crippen molar-refractivity contribution in [2.24, 2.45) is 0 Å². The minimum atomic E-state index is -0.0343. The van der Waals surface area contributed by atoms with E-state index < -0.39 is 0 Å². The molecule has 2 N–H and O–H groups in total. The van der Waals surface area contributed by atoms with Crippen molar-refractivity contribution in [1.82, 2.24) is 15.3 Å². The number of rotatable bonds is 12. The van der Waals surface area contributed by atoms with Gasteiger partial charge in [-0.2, -0.15) is 0 Å². The van der Waals surface area contributed by atoms with Crippen LogP contribution in [0.2, 0.25) is 0 Å². The summed E-state index contributed by atoms with van der Waals surface area (Å²) in [7, 11) is 0. The molecule has 0 unspecified atom stereocenters. The Balaban J connectivity index is 1.74. The minimum Gasteiger partial charge on any atom is -0.352 e. The molecule has 0 aliphatic carbocycles. The van der Waals surface area contributed by atoms with Crippen molar-refractivity contribution in [3.05, 3.63) is 47.3 Å². The first-order valence-electron chi connectivity index (χ1n) is 10.6. The van der Waals surface area contributed by atoms with Crippen LogP contribution in [-0.2, 0) is 0 Å². The maximum absolute atomic E-state index is 12.4. The SMILES string of the molecule is CCCCCCCCCCNC(=O)c1cccc(Nc2nc(C)cc(C)n2)c1. The number of carbonyl (C=O) groups is 1. The van der Waals surface area contributed by atoms with Gasteiger partial charge >= 0.3 is 0 Å². The van der Waals surface area contributed by atoms with Crippen LogP contribution in [0.4, 0.5) is 11.6 Å². The number of aromatic nitrogens is 2. The van der Waals surface area contributed by atoms with E-state index in [-0.39, 0.29) is 5.91 Å². The van der Waals surface area contributed by atoms with E-state index in [0.717, 1.165) is 30.0 Å². The van der Waals surface area contributed by atoms with E-state index in [1.54, 1.807) is 0 Å². The Morgan fingerprint density at radius 1 is 0.893 bits per heavy atom. The summed E-state index contributed by atoms with van der Waals surface area (Å²) in [4.78, 5) is 21.2. The van der Waals surface area contributed by atoms with Gasteiger partial charge in [0.2, 0.25) is 5.95 Å². The van der Waals surface area contributed by atoms with Crippen LogP contribution in [-0.4, -0.2) is 22.4 Å². The molecule has 0 bridgehead atoms. The van der Waals surface area contributed by atoms with Crippen LogP contribution >= 0.6 is 0 Å². The summed E-state index contributed by atoms with van der Waals surface area (Å²) in [5.41, 5.74) is 3.28. The molecule has 5 nitrogen and oxygen atoms in total. The Bertz CT molecular complexity index is 725. The molecule has 1 heterocycles. The molecule has 152 valence electrons. The third kappa shape index (κ3) is 8.07. The third-order valence-electron chi connectivity index (χ3n) is 4.68. The van der Waals surface area contributed by atoms with Crippen LogP contribution < -0.4 is 10.6 Å². The van der Waals surface area contributed by atoms with Gasteiger partial charge in [0.15, 0.2) is 0 Å². The van der Waals surface area contributed by atoms with Gasteiger partial charge in [0.05, 0.1) is 0 Å². The van der Waals surface area contributed by atoms with Crippen molar-refractivity contribution < 1.29 is 4.79 Å². The highest BCUT2D eigenvalue weighted by Crippen LogP contribution is 2.16. The number of unbranched alkanes of at least 4 members (excludes halogenated alkanes) is 7. The highest BCUT2D eigenvalue weighted by molar-refractivity contribution is 5.95. The van der Waals surface area contributed by atoms with Crippen molar-refractivity contribution in [3.8, 4) is 0 Å². The van der Waals surface area contributed by atoms with Gasteiger partial charge < -0.3 is 10.6 Å². The first-order valence-corrected chi connectivity index (χ1v) is 10.6. The van der Waals surface area contributed by atoms with E-state index in [4.69, 9.17) is 0 Å². The Morgan fingerprint density at radius 3 is 2.21 bits per heavy atom. The average Bonchev–Trinajstić information content (AvgIpc) is 2.66. The lowest BCUT2D eigenvalue weighted by Crippen LogP contribution is -2.24. The molecule has 0 spiro atoms. The zero-order chi connectivity index (χ0) is 20.2. The van der Waals surface area contributed by atoms with Gasteiger partial charge in [0.25, 0.3) is 5.91 Å². The number of nitrogens with one attached hydrogen (secondary N) is 2. The molecule has 2 aromatic rings. The number of hydrogen-bond acceptors (Lipinski definition) is 4.